The van der Waals surface area contributed by atoms with Gasteiger partial charge in [0.05, 0.1) is 6.20 Å². The van der Waals surface area contributed by atoms with Crippen LogP contribution < -0.4 is 4.74 Å². The summed E-state index contributed by atoms with van der Waals surface area (Å²) in [7, 11) is 0. The Kier molecular flexibility index (Phi) is 11.7. The van der Waals surface area contributed by atoms with Crippen LogP contribution in [0.1, 0.15) is 99.2 Å². The molecule has 0 saturated heterocycles. The number of unbranched alkanes of at least 4 members (excludes halogenated alkanes) is 2. The first kappa shape index (κ1) is 39.2. The van der Waals surface area contributed by atoms with Crippen molar-refractivity contribution in [3.8, 4) is 34.1 Å². The van der Waals surface area contributed by atoms with Crippen molar-refractivity contribution in [1.29, 1.82) is 0 Å². The van der Waals surface area contributed by atoms with E-state index in [0.717, 1.165) is 57.3 Å². The zero-order valence-electron chi connectivity index (χ0n) is 33.3. The van der Waals surface area contributed by atoms with Gasteiger partial charge in [-0.3, -0.25) is 4.68 Å². The Morgan fingerprint density at radius 1 is 0.759 bits per heavy atom. The average molecular weight is 896 g/mol. The fraction of sp³-hybridized carbons (Fsp3) is 0.333. The van der Waals surface area contributed by atoms with Gasteiger partial charge in [-0.25, -0.2) is 4.98 Å². The molecule has 0 N–H and O–H groups in total. The molecule has 0 spiro atoms. The molecule has 3 heterocycles. The van der Waals surface area contributed by atoms with Gasteiger partial charge in [0.15, 0.2) is 0 Å². The van der Waals surface area contributed by atoms with Crippen molar-refractivity contribution in [3.63, 3.8) is 0 Å². The molecule has 0 aliphatic rings. The molecule has 5 nitrogen and oxygen atoms in total. The molecular formula is C48H52N4OPt. The largest absolute Gasteiger partial charge is 2.00 e. The minimum atomic E-state index is -0.124. The van der Waals surface area contributed by atoms with Crippen molar-refractivity contribution in [1.82, 2.24) is 19.3 Å². The van der Waals surface area contributed by atoms with Crippen molar-refractivity contribution in [2.45, 2.75) is 106 Å². The van der Waals surface area contributed by atoms with Crippen molar-refractivity contribution in [2.75, 3.05) is 0 Å². The summed E-state index contributed by atoms with van der Waals surface area (Å²) >= 11 is 0. The number of pyridine rings is 1. The maximum atomic E-state index is 6.67. The number of hydrogen-bond donors (Lipinski definition) is 0. The summed E-state index contributed by atoms with van der Waals surface area (Å²) in [5, 5.41) is 7.25. The number of aromatic nitrogens is 4. The van der Waals surface area contributed by atoms with Crippen LogP contribution in [0.5, 0.6) is 11.5 Å². The van der Waals surface area contributed by atoms with Crippen LogP contribution in [0, 0.1) is 39.8 Å². The van der Waals surface area contributed by atoms with Crippen LogP contribution >= 0.6 is 0 Å². The number of fused-ring (bicyclic) bond motifs is 3. The van der Waals surface area contributed by atoms with E-state index in [4.69, 9.17) is 14.8 Å². The second kappa shape index (κ2) is 16.1. The molecule has 7 aromatic rings. The molecule has 0 aliphatic heterocycles. The third-order valence-electron chi connectivity index (χ3n) is 10.9. The third kappa shape index (κ3) is 7.58. The Bertz CT molecular complexity index is 2410. The predicted octanol–water partition coefficient (Wildman–Crippen LogP) is 12.6. The Morgan fingerprint density at radius 2 is 1.46 bits per heavy atom. The molecule has 54 heavy (non-hydrogen) atoms. The van der Waals surface area contributed by atoms with Crippen molar-refractivity contribution >= 4 is 21.8 Å². The topological polar surface area (TPSA) is 44.9 Å². The summed E-state index contributed by atoms with van der Waals surface area (Å²) in [6.07, 6.45) is 12.9. The van der Waals surface area contributed by atoms with E-state index in [2.05, 4.69) is 134 Å². The predicted molar refractivity (Wildman–Crippen MR) is 220 cm³/mol. The van der Waals surface area contributed by atoms with Crippen LogP contribution in [-0.2, 0) is 39.3 Å². The summed E-state index contributed by atoms with van der Waals surface area (Å²) in [5.74, 6) is 2.11. The van der Waals surface area contributed by atoms with E-state index in [9.17, 15) is 0 Å². The summed E-state index contributed by atoms with van der Waals surface area (Å²) in [5.41, 5.74) is 14.8. The fourth-order valence-electron chi connectivity index (χ4n) is 7.63. The zero-order chi connectivity index (χ0) is 37.4. The second-order valence-electron chi connectivity index (χ2n) is 15.7. The molecule has 0 saturated carbocycles. The Labute approximate surface area is 336 Å². The molecule has 7 rings (SSSR count). The Morgan fingerprint density at radius 3 is 2.13 bits per heavy atom. The van der Waals surface area contributed by atoms with Gasteiger partial charge in [0, 0.05) is 35.0 Å². The molecule has 0 fully saturated rings. The molecule has 280 valence electrons. The molecule has 0 atom stereocenters. The van der Waals surface area contributed by atoms with Gasteiger partial charge in [0.25, 0.3) is 0 Å². The van der Waals surface area contributed by atoms with E-state index in [1.165, 1.54) is 64.6 Å². The quantitative estimate of drug-likeness (QED) is 0.122. The molecule has 3 aromatic heterocycles. The van der Waals surface area contributed by atoms with Gasteiger partial charge < -0.3 is 9.30 Å². The van der Waals surface area contributed by atoms with Gasteiger partial charge in [0.1, 0.15) is 5.82 Å². The average Bonchev–Trinajstić information content (AvgIpc) is 3.76. The van der Waals surface area contributed by atoms with Gasteiger partial charge in [0.2, 0.25) is 0 Å². The number of benzene rings is 4. The molecular weight excluding hydrogens is 844 g/mol. The van der Waals surface area contributed by atoms with Crippen LogP contribution in [0.25, 0.3) is 44.4 Å². The number of nitrogens with zero attached hydrogens (tertiary/aromatic N) is 4. The smallest absolute Gasteiger partial charge is 0.509 e. The van der Waals surface area contributed by atoms with Gasteiger partial charge >= 0.3 is 21.1 Å². The van der Waals surface area contributed by atoms with Crippen LogP contribution in [0.15, 0.2) is 79.3 Å². The van der Waals surface area contributed by atoms with E-state index < -0.39 is 0 Å². The van der Waals surface area contributed by atoms with E-state index in [1.54, 1.807) is 0 Å². The first-order valence-electron chi connectivity index (χ1n) is 19.3. The normalized spacial score (nSPS) is 11.7. The number of ether oxygens (including phenoxy) is 1. The Balaban J connectivity index is 0.00000497. The van der Waals surface area contributed by atoms with Crippen LogP contribution in [0.2, 0.25) is 0 Å². The van der Waals surface area contributed by atoms with Gasteiger partial charge in [-0.2, -0.15) is 11.2 Å². The SMILES string of the molecule is CCCCc1c(C)c(C)c(C)c(CCCC)c1-c1cnn(-c2[c-]c(Oc3[c-]c4c(cc3)c3ccccc3n4-c3cc(C)ccn3)cc(C(C)(C)C)c2)c1.[Pt+2]. The maximum Gasteiger partial charge on any atom is 2.00 e. The number of rotatable bonds is 11. The van der Waals surface area contributed by atoms with Crippen LogP contribution in [0.3, 0.4) is 0 Å². The van der Waals surface area contributed by atoms with Crippen LogP contribution in [0.4, 0.5) is 0 Å². The van der Waals surface area contributed by atoms with Crippen LogP contribution in [-0.4, -0.2) is 19.3 Å². The van der Waals surface area contributed by atoms with E-state index in [1.807, 2.05) is 29.2 Å². The van der Waals surface area contributed by atoms with Gasteiger partial charge in [-0.15, -0.1) is 41.3 Å². The molecule has 0 amide bonds. The van der Waals surface area contributed by atoms with Crippen molar-refractivity contribution < 1.29 is 25.8 Å². The van der Waals surface area contributed by atoms with Crippen molar-refractivity contribution in [3.05, 3.63) is 130 Å². The van der Waals surface area contributed by atoms with E-state index in [-0.39, 0.29) is 26.5 Å². The summed E-state index contributed by atoms with van der Waals surface area (Å²) < 4.78 is 10.8. The number of hydrogen-bond acceptors (Lipinski definition) is 3. The number of aryl methyl sites for hydroxylation is 1. The fourth-order valence-corrected chi connectivity index (χ4v) is 7.63. The van der Waals surface area contributed by atoms with Gasteiger partial charge in [-0.05, 0) is 127 Å². The van der Waals surface area contributed by atoms with E-state index >= 15 is 0 Å². The molecule has 4 aromatic carbocycles. The van der Waals surface area contributed by atoms with Gasteiger partial charge in [-0.1, -0.05) is 71.2 Å². The minimum absolute atomic E-state index is 0. The summed E-state index contributed by atoms with van der Waals surface area (Å²) in [6, 6.07) is 28.2. The number of para-hydroxylation sites is 1. The van der Waals surface area contributed by atoms with Crippen molar-refractivity contribution in [2.24, 2.45) is 0 Å². The second-order valence-corrected chi connectivity index (χ2v) is 15.7. The maximum absolute atomic E-state index is 6.67. The molecule has 6 heteroatoms. The summed E-state index contributed by atoms with van der Waals surface area (Å²) in [6.45, 7) is 20.2. The molecule has 0 radical (unpaired) electrons. The molecule has 0 aliphatic carbocycles. The molecule has 0 unspecified atom stereocenters. The third-order valence-corrected chi connectivity index (χ3v) is 10.9. The standard InChI is InChI=1S/C48H52N4O.Pt/c1-10-12-16-40-33(5)32(4)34(6)41(17-13-11-2)47(40)35-29-50-51(30-35)37-25-36(48(7,8)9)26-39(27-37)53-38-20-21-43-42-18-14-15-19-44(42)52(45(43)28-38)46-24-31(3)22-23-49-46;/h14-15,18-26,29-30H,10-13,16-17H2,1-9H3;/q-2;+2. The first-order chi connectivity index (χ1) is 25.5. The first-order valence-corrected chi connectivity index (χ1v) is 19.3. The zero-order valence-corrected chi connectivity index (χ0v) is 35.5. The van der Waals surface area contributed by atoms with E-state index in [0.29, 0.717) is 11.5 Å². The monoisotopic (exact) mass is 895 g/mol. The molecule has 0 bridgehead atoms. The minimum Gasteiger partial charge on any atom is -0.509 e. The summed E-state index contributed by atoms with van der Waals surface area (Å²) in [4.78, 5) is 4.74. The Hall–Kier alpha value is -4.47.